The molecule has 2 aliphatic carbocycles. The Labute approximate surface area is 331 Å². The van der Waals surface area contributed by atoms with Crippen molar-refractivity contribution < 1.29 is 24.9 Å². The second kappa shape index (κ2) is 15.9. The van der Waals surface area contributed by atoms with E-state index in [9.17, 15) is 24.9 Å². The first-order valence-corrected chi connectivity index (χ1v) is 21.1. The average molecular weight is 804 g/mol. The van der Waals surface area contributed by atoms with Crippen LogP contribution in [0.3, 0.4) is 0 Å². The topological polar surface area (TPSA) is 156 Å². The van der Waals surface area contributed by atoms with Crippen LogP contribution in [0.2, 0.25) is 4.34 Å². The fourth-order valence-corrected chi connectivity index (χ4v) is 10.6. The van der Waals surface area contributed by atoms with Crippen LogP contribution < -0.4 is 10.9 Å². The lowest BCUT2D eigenvalue weighted by Gasteiger charge is -2.35. The van der Waals surface area contributed by atoms with E-state index in [2.05, 4.69) is 38.1 Å². The van der Waals surface area contributed by atoms with E-state index in [1.807, 2.05) is 11.4 Å². The Morgan fingerprint density at radius 3 is 2.69 bits per heavy atom. The van der Waals surface area contributed by atoms with Gasteiger partial charge in [-0.2, -0.15) is 0 Å². The Bertz CT molecular complexity index is 2360. The molecule has 2 aliphatic rings. The highest BCUT2D eigenvalue weighted by molar-refractivity contribution is 7.16. The highest BCUT2D eigenvalue weighted by Crippen LogP contribution is 2.40. The molecule has 4 heterocycles. The molecule has 0 spiro atoms. The van der Waals surface area contributed by atoms with Crippen molar-refractivity contribution in [3.63, 3.8) is 0 Å². The van der Waals surface area contributed by atoms with Crippen molar-refractivity contribution in [2.24, 2.45) is 0 Å². The highest BCUT2D eigenvalue weighted by Gasteiger charge is 2.45. The molecule has 14 heteroatoms. The third kappa shape index (κ3) is 7.51. The molecule has 6 N–H and O–H groups in total. The minimum absolute atomic E-state index is 0.0230. The predicted octanol–water partition coefficient (Wildman–Crippen LogP) is 6.72. The number of aromatic nitrogens is 3. The quantitative estimate of drug-likeness (QED) is 0.0664. The van der Waals surface area contributed by atoms with Crippen LogP contribution in [0.1, 0.15) is 76.6 Å². The maximum Gasteiger partial charge on any atom is 0.349 e. The first-order chi connectivity index (χ1) is 26.6. The molecule has 2 aromatic carbocycles. The van der Waals surface area contributed by atoms with Gasteiger partial charge in [0, 0.05) is 37.1 Å². The van der Waals surface area contributed by atoms with Crippen molar-refractivity contribution >= 4 is 62.2 Å². The number of thiophene rings is 2. The number of carbonyl (C=O) groups excluding carboxylic acids is 1. The zero-order chi connectivity index (χ0) is 38.3. The number of nitrogens with one attached hydrogen (secondary N) is 3. The summed E-state index contributed by atoms with van der Waals surface area (Å²) in [7, 11) is 2.18. The number of aromatic hydroxyl groups is 1. The van der Waals surface area contributed by atoms with E-state index >= 15 is 0 Å². The van der Waals surface area contributed by atoms with E-state index in [0.717, 1.165) is 70.0 Å². The largest absolute Gasteiger partial charge is 0.506 e. The van der Waals surface area contributed by atoms with Crippen LogP contribution in [0.15, 0.2) is 64.8 Å². The smallest absolute Gasteiger partial charge is 0.349 e. The molecule has 290 valence electrons. The van der Waals surface area contributed by atoms with E-state index < -0.39 is 17.7 Å². The number of hydrogen-bond donors (Lipinski definition) is 6. The molecule has 1 fully saturated rings. The van der Waals surface area contributed by atoms with Crippen molar-refractivity contribution in [2.75, 3.05) is 20.1 Å². The van der Waals surface area contributed by atoms with Gasteiger partial charge in [-0.15, -0.1) is 22.7 Å². The van der Waals surface area contributed by atoms with Crippen LogP contribution in [0.4, 0.5) is 0 Å². The SMILES string of the molecule is CN(CCCn1[nH]c2cc(CNC[C@H](O)c3ccc(O)c4[nH]c(=O)ccc34)c3c(c21)CCC3)C1CCC(OC(=O)C(O)(c2cccs2)c2ccc(Cl)s2)CC1. The third-order valence-corrected chi connectivity index (χ3v) is 13.8. The number of benzene rings is 2. The lowest BCUT2D eigenvalue weighted by Crippen LogP contribution is -2.42. The Balaban J connectivity index is 0.825. The fourth-order valence-electron chi connectivity index (χ4n) is 8.54. The number of rotatable bonds is 14. The summed E-state index contributed by atoms with van der Waals surface area (Å²) in [5, 5.41) is 42.4. The van der Waals surface area contributed by atoms with Gasteiger partial charge in [-0.1, -0.05) is 23.7 Å². The monoisotopic (exact) mass is 803 g/mol. The minimum Gasteiger partial charge on any atom is -0.506 e. The molecule has 8 rings (SSSR count). The molecule has 0 radical (unpaired) electrons. The summed E-state index contributed by atoms with van der Waals surface area (Å²) < 4.78 is 8.77. The molecular weight excluding hydrogens is 758 g/mol. The second-order valence-electron chi connectivity index (χ2n) is 14.9. The number of halogens is 1. The van der Waals surface area contributed by atoms with Gasteiger partial charge in [-0.25, -0.2) is 4.79 Å². The van der Waals surface area contributed by atoms with Crippen molar-refractivity contribution in [3.8, 4) is 5.75 Å². The molecule has 11 nitrogen and oxygen atoms in total. The van der Waals surface area contributed by atoms with Gasteiger partial charge in [0.15, 0.2) is 0 Å². The molecular formula is C41H46ClN5O6S2. The van der Waals surface area contributed by atoms with Crippen LogP contribution in [0, 0.1) is 0 Å². The van der Waals surface area contributed by atoms with Crippen LogP contribution in [-0.2, 0) is 41.1 Å². The van der Waals surface area contributed by atoms with Crippen molar-refractivity contribution in [3.05, 3.63) is 107 Å². The number of pyridine rings is 1. The van der Waals surface area contributed by atoms with Gasteiger partial charge in [0.2, 0.25) is 11.2 Å². The van der Waals surface area contributed by atoms with Crippen LogP contribution in [-0.4, -0.2) is 73.2 Å². The van der Waals surface area contributed by atoms with Crippen LogP contribution in [0.25, 0.3) is 21.9 Å². The number of fused-ring (bicyclic) bond motifs is 4. The average Bonchev–Trinajstić information content (AvgIpc) is 3.97. The van der Waals surface area contributed by atoms with Gasteiger partial charge in [0.1, 0.15) is 11.9 Å². The lowest BCUT2D eigenvalue weighted by atomic mass is 9.91. The van der Waals surface area contributed by atoms with Gasteiger partial charge in [-0.3, -0.25) is 14.6 Å². The van der Waals surface area contributed by atoms with Gasteiger partial charge < -0.3 is 35.3 Å². The summed E-state index contributed by atoms with van der Waals surface area (Å²) in [6, 6.07) is 15.9. The standard InChI is InChI=1S/C41H46ClN5O6S2/c1-46(25-8-10-26(11-9-25)53-40(51)41(52,34-7-3-20-54-34)35-15-16-36(42)55-35)18-4-19-47-39-30-6-2-5-27(30)24(21-31(39)45-47)22-43-23-33(49)28-12-14-32(48)38-29(28)13-17-37(50)44-38/h3,7,12-17,20-21,25-26,33,43,45,48-49,52H,2,4-6,8-11,18-19,22-23H2,1H3,(H,44,50)/t25?,26?,33-,41?/m0/s1. The maximum absolute atomic E-state index is 13.5. The zero-order valence-electron chi connectivity index (χ0n) is 30.6. The van der Waals surface area contributed by atoms with Gasteiger partial charge >= 0.3 is 5.97 Å². The third-order valence-electron chi connectivity index (χ3n) is 11.4. The van der Waals surface area contributed by atoms with Gasteiger partial charge in [-0.05, 0) is 129 Å². The number of ether oxygens (including phenoxy) is 1. The van der Waals surface area contributed by atoms with E-state index in [1.54, 1.807) is 30.3 Å². The second-order valence-corrected chi connectivity index (χ2v) is 17.6. The molecule has 0 aliphatic heterocycles. The number of nitrogens with zero attached hydrogens (tertiary/aromatic N) is 2. The zero-order valence-corrected chi connectivity index (χ0v) is 33.0. The number of phenolic OH excluding ortho intramolecular Hbond substituents is 1. The van der Waals surface area contributed by atoms with Crippen molar-refractivity contribution in [1.82, 2.24) is 25.0 Å². The summed E-state index contributed by atoms with van der Waals surface area (Å²) in [5.41, 5.74) is 5.37. The fraction of sp³-hybridized carbons (Fsp3) is 0.415. The minimum atomic E-state index is -1.86. The van der Waals surface area contributed by atoms with Gasteiger partial charge in [0.05, 0.1) is 36.7 Å². The molecule has 0 amide bonds. The first kappa shape index (κ1) is 37.9. The van der Waals surface area contributed by atoms with Crippen LogP contribution in [0.5, 0.6) is 5.75 Å². The molecule has 6 aromatic rings. The van der Waals surface area contributed by atoms with Crippen LogP contribution >= 0.6 is 34.3 Å². The molecule has 4 aromatic heterocycles. The van der Waals surface area contributed by atoms with E-state index in [0.29, 0.717) is 49.7 Å². The molecule has 55 heavy (non-hydrogen) atoms. The summed E-state index contributed by atoms with van der Waals surface area (Å²) in [6.45, 7) is 2.82. The number of aryl methyl sites for hydroxylation is 2. The normalized spacial score (nSPS) is 18.9. The Morgan fingerprint density at radius 2 is 1.93 bits per heavy atom. The number of esters is 1. The lowest BCUT2D eigenvalue weighted by molar-refractivity contribution is -0.169. The molecule has 0 saturated heterocycles. The highest BCUT2D eigenvalue weighted by atomic mass is 35.5. The van der Waals surface area contributed by atoms with E-state index in [-0.39, 0.29) is 17.4 Å². The molecule has 1 saturated carbocycles. The maximum atomic E-state index is 13.5. The Hall–Kier alpha value is -3.95. The number of phenols is 1. The first-order valence-electron chi connectivity index (χ1n) is 19.0. The number of aromatic amines is 2. The summed E-state index contributed by atoms with van der Waals surface area (Å²) in [6.07, 6.45) is 6.55. The van der Waals surface area contributed by atoms with Gasteiger partial charge in [0.25, 0.3) is 0 Å². The molecule has 1 unspecified atom stereocenters. The summed E-state index contributed by atoms with van der Waals surface area (Å²) >= 11 is 8.69. The van der Waals surface area contributed by atoms with E-state index in [4.69, 9.17) is 16.3 Å². The number of aliphatic hydroxyl groups is 2. The molecule has 0 bridgehead atoms. The van der Waals surface area contributed by atoms with E-state index in [1.165, 1.54) is 57.0 Å². The number of hydrogen-bond acceptors (Lipinski definition) is 10. The summed E-state index contributed by atoms with van der Waals surface area (Å²) in [5.74, 6) is -0.661. The summed E-state index contributed by atoms with van der Waals surface area (Å²) in [4.78, 5) is 31.4. The van der Waals surface area contributed by atoms with Crippen molar-refractivity contribution in [2.45, 2.75) is 88.3 Å². The number of carbonyl (C=O) groups is 1. The number of aliphatic hydroxyl groups excluding tert-OH is 1. The Morgan fingerprint density at radius 1 is 1.11 bits per heavy atom. The number of H-pyrrole nitrogens is 2. The Kier molecular flexibility index (Phi) is 11.0. The molecule has 2 atom stereocenters. The van der Waals surface area contributed by atoms with Crippen molar-refractivity contribution in [1.29, 1.82) is 0 Å². The predicted molar refractivity (Wildman–Crippen MR) is 217 cm³/mol.